The van der Waals surface area contributed by atoms with E-state index >= 15 is 0 Å². The van der Waals surface area contributed by atoms with E-state index < -0.39 is 0 Å². The van der Waals surface area contributed by atoms with E-state index in [0.29, 0.717) is 5.75 Å². The van der Waals surface area contributed by atoms with Crippen LogP contribution in [0.5, 0.6) is 0 Å². The summed E-state index contributed by atoms with van der Waals surface area (Å²) in [6, 6.07) is 9.56. The van der Waals surface area contributed by atoms with Crippen molar-refractivity contribution >= 4 is 27.7 Å². The van der Waals surface area contributed by atoms with Crippen LogP contribution in [0.3, 0.4) is 0 Å². The maximum Gasteiger partial charge on any atom is 0.251 e. The molecule has 0 atom stereocenters. The van der Waals surface area contributed by atoms with E-state index in [1.807, 2.05) is 31.2 Å². The summed E-state index contributed by atoms with van der Waals surface area (Å²) in [5, 5.41) is 0. The number of hydrogen-bond donors (Lipinski definition) is 1. The topological polar surface area (TPSA) is 45.8 Å². The number of nitrogens with one attached hydrogen (secondary N) is 1. The molecule has 18 heavy (non-hydrogen) atoms. The Hall–Kier alpha value is -1.07. The molecule has 1 aromatic carbocycles. The second kappa shape index (κ2) is 6.20. The number of rotatable bonds is 4. The first-order valence-corrected chi connectivity index (χ1v) is 7.43. The number of thioether (sulfide) groups is 1. The van der Waals surface area contributed by atoms with Crippen LogP contribution in [0.1, 0.15) is 18.4 Å². The van der Waals surface area contributed by atoms with Gasteiger partial charge in [0.1, 0.15) is 5.82 Å². The van der Waals surface area contributed by atoms with Gasteiger partial charge in [-0.1, -0.05) is 19.1 Å². The van der Waals surface area contributed by atoms with Crippen LogP contribution in [-0.2, 0) is 12.2 Å². The van der Waals surface area contributed by atoms with Gasteiger partial charge in [0.25, 0.3) is 5.56 Å². The van der Waals surface area contributed by atoms with E-state index in [4.69, 9.17) is 0 Å². The highest BCUT2D eigenvalue weighted by molar-refractivity contribution is 9.10. The molecule has 0 aliphatic heterocycles. The van der Waals surface area contributed by atoms with Crippen molar-refractivity contribution in [3.63, 3.8) is 0 Å². The van der Waals surface area contributed by atoms with E-state index in [0.717, 1.165) is 27.3 Å². The lowest BCUT2D eigenvalue weighted by atomic mass is 10.3. The molecule has 3 nitrogen and oxygen atoms in total. The van der Waals surface area contributed by atoms with Gasteiger partial charge in [-0.2, -0.15) is 0 Å². The van der Waals surface area contributed by atoms with Gasteiger partial charge in [-0.25, -0.2) is 4.98 Å². The fourth-order valence-electron chi connectivity index (χ4n) is 1.52. The van der Waals surface area contributed by atoms with E-state index in [-0.39, 0.29) is 5.56 Å². The minimum Gasteiger partial charge on any atom is -0.310 e. The van der Waals surface area contributed by atoms with Gasteiger partial charge in [0.2, 0.25) is 0 Å². The molecule has 2 rings (SSSR count). The van der Waals surface area contributed by atoms with Crippen LogP contribution >= 0.6 is 27.7 Å². The molecule has 2 aromatic rings. The highest BCUT2D eigenvalue weighted by atomic mass is 79.9. The zero-order valence-corrected chi connectivity index (χ0v) is 12.3. The minimum absolute atomic E-state index is 0.0791. The first-order valence-electron chi connectivity index (χ1n) is 5.65. The van der Waals surface area contributed by atoms with Crippen molar-refractivity contribution in [2.45, 2.75) is 24.0 Å². The molecule has 1 aromatic heterocycles. The van der Waals surface area contributed by atoms with Crippen LogP contribution in [0.4, 0.5) is 0 Å². The third-order valence-corrected chi connectivity index (χ3v) is 4.45. The Labute approximate surface area is 118 Å². The van der Waals surface area contributed by atoms with Crippen molar-refractivity contribution in [2.24, 2.45) is 0 Å². The van der Waals surface area contributed by atoms with Crippen molar-refractivity contribution in [3.05, 3.63) is 56.7 Å². The summed E-state index contributed by atoms with van der Waals surface area (Å²) in [6.45, 7) is 1.99. The molecule has 0 saturated carbocycles. The molecule has 0 bridgehead atoms. The average molecular weight is 325 g/mol. The number of hydrogen-bond acceptors (Lipinski definition) is 3. The Morgan fingerprint density at radius 3 is 2.89 bits per heavy atom. The summed E-state index contributed by atoms with van der Waals surface area (Å²) >= 11 is 5.15. The molecule has 1 heterocycles. The maximum absolute atomic E-state index is 11.4. The van der Waals surface area contributed by atoms with Gasteiger partial charge in [-0.05, 0) is 34.5 Å². The van der Waals surface area contributed by atoms with Crippen LogP contribution < -0.4 is 5.56 Å². The summed E-state index contributed by atoms with van der Waals surface area (Å²) in [6.07, 6.45) is 0.774. The molecule has 0 amide bonds. The molecule has 0 unspecified atom stereocenters. The fourth-order valence-corrected chi connectivity index (χ4v) is 2.96. The molecule has 0 spiro atoms. The highest BCUT2D eigenvalue weighted by Crippen LogP contribution is 2.28. The van der Waals surface area contributed by atoms with Gasteiger partial charge < -0.3 is 4.98 Å². The summed E-state index contributed by atoms with van der Waals surface area (Å²) < 4.78 is 1.06. The molecule has 0 radical (unpaired) electrons. The standard InChI is InChI=1S/C13H13BrN2OS/c1-2-9-7-13(17)16-12(15-9)8-18-11-6-4-3-5-10(11)14/h3-7H,2,8H2,1H3,(H,15,16,17). The van der Waals surface area contributed by atoms with Gasteiger partial charge in [-0.3, -0.25) is 4.79 Å². The molecule has 1 N–H and O–H groups in total. The number of H-pyrrole nitrogens is 1. The maximum atomic E-state index is 11.4. The Morgan fingerprint density at radius 2 is 2.17 bits per heavy atom. The van der Waals surface area contributed by atoms with Gasteiger partial charge in [-0.15, -0.1) is 11.8 Å². The molecule has 94 valence electrons. The molecule has 0 saturated heterocycles. The van der Waals surface area contributed by atoms with Crippen LogP contribution in [0.25, 0.3) is 0 Å². The van der Waals surface area contributed by atoms with Gasteiger partial charge in [0, 0.05) is 21.1 Å². The van der Waals surface area contributed by atoms with E-state index in [2.05, 4.69) is 25.9 Å². The summed E-state index contributed by atoms with van der Waals surface area (Å²) in [5.41, 5.74) is 0.756. The first kappa shape index (κ1) is 13.4. The number of aromatic amines is 1. The summed E-state index contributed by atoms with van der Waals surface area (Å²) in [4.78, 5) is 19.7. The predicted octanol–water partition coefficient (Wildman–Crippen LogP) is 3.39. The number of aromatic nitrogens is 2. The van der Waals surface area contributed by atoms with Crippen molar-refractivity contribution in [2.75, 3.05) is 0 Å². The molecular weight excluding hydrogens is 312 g/mol. The molecule has 0 aliphatic carbocycles. The molecule has 0 aliphatic rings. The van der Waals surface area contributed by atoms with Crippen LogP contribution in [0.2, 0.25) is 0 Å². The second-order valence-electron chi connectivity index (χ2n) is 3.76. The third kappa shape index (κ3) is 3.46. The largest absolute Gasteiger partial charge is 0.310 e. The quantitative estimate of drug-likeness (QED) is 0.877. The average Bonchev–Trinajstić information content (AvgIpc) is 2.37. The Morgan fingerprint density at radius 1 is 1.39 bits per heavy atom. The molecule has 5 heteroatoms. The molecular formula is C13H13BrN2OS. The van der Waals surface area contributed by atoms with Crippen molar-refractivity contribution in [3.8, 4) is 0 Å². The van der Waals surface area contributed by atoms with Crippen LogP contribution in [0.15, 0.2) is 44.5 Å². The SMILES string of the molecule is CCc1cc(=O)[nH]c(CSc2ccccc2Br)n1. The first-order chi connectivity index (χ1) is 8.69. The normalized spacial score (nSPS) is 10.6. The highest BCUT2D eigenvalue weighted by Gasteiger charge is 2.03. The number of aryl methyl sites for hydroxylation is 1. The predicted molar refractivity (Wildman–Crippen MR) is 77.9 cm³/mol. The van der Waals surface area contributed by atoms with Crippen molar-refractivity contribution in [1.82, 2.24) is 9.97 Å². The van der Waals surface area contributed by atoms with Crippen molar-refractivity contribution in [1.29, 1.82) is 0 Å². The van der Waals surface area contributed by atoms with Crippen LogP contribution in [-0.4, -0.2) is 9.97 Å². The van der Waals surface area contributed by atoms with E-state index in [9.17, 15) is 4.79 Å². The van der Waals surface area contributed by atoms with Gasteiger partial charge in [0.05, 0.1) is 5.75 Å². The lowest BCUT2D eigenvalue weighted by Crippen LogP contribution is -2.11. The lowest BCUT2D eigenvalue weighted by molar-refractivity contribution is 0.920. The summed E-state index contributed by atoms with van der Waals surface area (Å²) in [7, 11) is 0. The van der Waals surface area contributed by atoms with E-state index in [1.54, 1.807) is 17.8 Å². The fraction of sp³-hybridized carbons (Fsp3) is 0.231. The van der Waals surface area contributed by atoms with Gasteiger partial charge in [0.15, 0.2) is 0 Å². The van der Waals surface area contributed by atoms with E-state index in [1.165, 1.54) is 0 Å². The number of benzene rings is 1. The third-order valence-electron chi connectivity index (χ3n) is 2.41. The number of halogens is 1. The minimum atomic E-state index is -0.0791. The van der Waals surface area contributed by atoms with Crippen LogP contribution in [0, 0.1) is 0 Å². The zero-order valence-electron chi connectivity index (χ0n) is 9.94. The monoisotopic (exact) mass is 324 g/mol. The van der Waals surface area contributed by atoms with Gasteiger partial charge >= 0.3 is 0 Å². The molecule has 0 fully saturated rings. The summed E-state index contributed by atoms with van der Waals surface area (Å²) in [5.74, 6) is 1.38. The zero-order chi connectivity index (χ0) is 13.0. The Kier molecular flexibility index (Phi) is 4.60. The van der Waals surface area contributed by atoms with Crippen molar-refractivity contribution < 1.29 is 0 Å². The number of nitrogens with zero attached hydrogens (tertiary/aromatic N) is 1. The Balaban J connectivity index is 2.13. The lowest BCUT2D eigenvalue weighted by Gasteiger charge is -2.04. The second-order valence-corrected chi connectivity index (χ2v) is 5.63. The Bertz CT molecular complexity index is 598. The smallest absolute Gasteiger partial charge is 0.251 e.